The minimum absolute atomic E-state index is 0.518. The van der Waals surface area contributed by atoms with Gasteiger partial charge in [-0.05, 0) is 36.9 Å². The summed E-state index contributed by atoms with van der Waals surface area (Å²) in [5.41, 5.74) is 2.44. The zero-order valence-electron chi connectivity index (χ0n) is 15.3. The van der Waals surface area contributed by atoms with Gasteiger partial charge in [0.1, 0.15) is 0 Å². The maximum atomic E-state index is 5.20. The van der Waals surface area contributed by atoms with Gasteiger partial charge in [0.2, 0.25) is 0 Å². The van der Waals surface area contributed by atoms with Crippen LogP contribution in [0.2, 0.25) is 0 Å². The molecule has 0 atom stereocenters. The first-order valence-corrected chi connectivity index (χ1v) is 9.01. The molecule has 2 rings (SSSR count). The topological polar surface area (TPSA) is 48.9 Å². The number of rotatable bonds is 7. The van der Waals surface area contributed by atoms with E-state index in [0.29, 0.717) is 12.6 Å². The van der Waals surface area contributed by atoms with Crippen molar-refractivity contribution in [1.29, 1.82) is 0 Å². The molecule has 0 bridgehead atoms. The lowest BCUT2D eigenvalue weighted by Gasteiger charge is -2.32. The predicted octanol–water partition coefficient (Wildman–Crippen LogP) is 2.37. The number of hydrogen-bond donors (Lipinski definition) is 2. The average Bonchev–Trinajstić information content (AvgIpc) is 2.61. The smallest absolute Gasteiger partial charge is 0.191 e. The summed E-state index contributed by atoms with van der Waals surface area (Å²) in [6, 6.07) is 8.98. The van der Waals surface area contributed by atoms with Gasteiger partial charge in [0.05, 0.1) is 6.61 Å². The standard InChI is InChI=1S/C19H32N4O/c1-4-10-23-11-8-18(9-12-23)22-19(20-2)21-14-16-6-5-7-17(13-16)15-24-3/h5-7,13,18H,4,8-12,14-15H2,1-3H3,(H2,20,21,22). The Labute approximate surface area is 146 Å². The van der Waals surface area contributed by atoms with Gasteiger partial charge in [-0.15, -0.1) is 0 Å². The number of aliphatic imine (C=N–C) groups is 1. The summed E-state index contributed by atoms with van der Waals surface area (Å²) in [4.78, 5) is 6.92. The summed E-state index contributed by atoms with van der Waals surface area (Å²) in [5, 5.41) is 6.99. The molecule has 0 spiro atoms. The second-order valence-electron chi connectivity index (χ2n) is 6.44. The highest BCUT2D eigenvalue weighted by molar-refractivity contribution is 5.79. The van der Waals surface area contributed by atoms with E-state index < -0.39 is 0 Å². The van der Waals surface area contributed by atoms with Crippen LogP contribution in [0.25, 0.3) is 0 Å². The maximum absolute atomic E-state index is 5.20. The van der Waals surface area contributed by atoms with Crippen molar-refractivity contribution in [3.8, 4) is 0 Å². The molecule has 0 aliphatic carbocycles. The van der Waals surface area contributed by atoms with Crippen LogP contribution in [0.3, 0.4) is 0 Å². The number of nitrogens with one attached hydrogen (secondary N) is 2. The minimum Gasteiger partial charge on any atom is -0.380 e. The molecule has 2 N–H and O–H groups in total. The van der Waals surface area contributed by atoms with Gasteiger partial charge in [-0.2, -0.15) is 0 Å². The quantitative estimate of drug-likeness (QED) is 0.594. The summed E-state index contributed by atoms with van der Waals surface area (Å²) < 4.78 is 5.20. The fourth-order valence-corrected chi connectivity index (χ4v) is 3.19. The number of nitrogens with zero attached hydrogens (tertiary/aromatic N) is 2. The maximum Gasteiger partial charge on any atom is 0.191 e. The van der Waals surface area contributed by atoms with Crippen LogP contribution in [0, 0.1) is 0 Å². The molecule has 0 amide bonds. The van der Waals surface area contributed by atoms with E-state index in [1.54, 1.807) is 7.11 Å². The first kappa shape index (κ1) is 18.7. The molecule has 1 aliphatic rings. The van der Waals surface area contributed by atoms with Crippen molar-refractivity contribution < 1.29 is 4.74 Å². The Bertz CT molecular complexity index is 510. The number of guanidine groups is 1. The number of hydrogen-bond acceptors (Lipinski definition) is 3. The summed E-state index contributed by atoms with van der Waals surface area (Å²) in [6.07, 6.45) is 3.61. The fraction of sp³-hybridized carbons (Fsp3) is 0.632. The Morgan fingerprint density at radius 1 is 1.29 bits per heavy atom. The molecular formula is C19H32N4O. The second-order valence-corrected chi connectivity index (χ2v) is 6.44. The molecule has 1 aliphatic heterocycles. The van der Waals surface area contributed by atoms with Gasteiger partial charge in [-0.1, -0.05) is 31.2 Å². The zero-order chi connectivity index (χ0) is 17.2. The second kappa shape index (κ2) is 10.3. The lowest BCUT2D eigenvalue weighted by atomic mass is 10.1. The molecule has 1 aromatic rings. The van der Waals surface area contributed by atoms with E-state index in [2.05, 4.69) is 51.7 Å². The zero-order valence-corrected chi connectivity index (χ0v) is 15.3. The molecule has 24 heavy (non-hydrogen) atoms. The molecule has 0 unspecified atom stereocenters. The van der Waals surface area contributed by atoms with Crippen molar-refractivity contribution >= 4 is 5.96 Å². The summed E-state index contributed by atoms with van der Waals surface area (Å²) in [6.45, 7) is 7.25. The lowest BCUT2D eigenvalue weighted by molar-refractivity contribution is 0.185. The Morgan fingerprint density at radius 2 is 2.04 bits per heavy atom. The Morgan fingerprint density at radius 3 is 2.71 bits per heavy atom. The van der Waals surface area contributed by atoms with Gasteiger partial charge >= 0.3 is 0 Å². The van der Waals surface area contributed by atoms with Crippen LogP contribution in [-0.2, 0) is 17.9 Å². The van der Waals surface area contributed by atoms with Crippen molar-refractivity contribution in [3.63, 3.8) is 0 Å². The van der Waals surface area contributed by atoms with Crippen LogP contribution in [0.4, 0.5) is 0 Å². The molecular weight excluding hydrogens is 300 g/mol. The van der Waals surface area contributed by atoms with E-state index in [9.17, 15) is 0 Å². The van der Waals surface area contributed by atoms with E-state index in [4.69, 9.17) is 4.74 Å². The highest BCUT2D eigenvalue weighted by Gasteiger charge is 2.19. The highest BCUT2D eigenvalue weighted by Crippen LogP contribution is 2.10. The largest absolute Gasteiger partial charge is 0.380 e. The van der Waals surface area contributed by atoms with Crippen LogP contribution in [0.1, 0.15) is 37.3 Å². The van der Waals surface area contributed by atoms with E-state index in [-0.39, 0.29) is 0 Å². The van der Waals surface area contributed by atoms with E-state index in [1.165, 1.54) is 50.0 Å². The van der Waals surface area contributed by atoms with Gasteiger partial charge in [0, 0.05) is 39.8 Å². The lowest BCUT2D eigenvalue weighted by Crippen LogP contribution is -2.48. The summed E-state index contributed by atoms with van der Waals surface area (Å²) >= 11 is 0. The number of methoxy groups -OCH3 is 1. The number of piperidine rings is 1. The monoisotopic (exact) mass is 332 g/mol. The van der Waals surface area contributed by atoms with Crippen LogP contribution in [0.5, 0.6) is 0 Å². The van der Waals surface area contributed by atoms with Crippen molar-refractivity contribution in [3.05, 3.63) is 35.4 Å². The van der Waals surface area contributed by atoms with E-state index >= 15 is 0 Å². The van der Waals surface area contributed by atoms with Gasteiger partial charge in [0.25, 0.3) is 0 Å². The Kier molecular flexibility index (Phi) is 8.05. The highest BCUT2D eigenvalue weighted by atomic mass is 16.5. The first-order chi connectivity index (χ1) is 11.7. The molecule has 5 heteroatoms. The van der Waals surface area contributed by atoms with Crippen LogP contribution in [-0.4, -0.2) is 50.7 Å². The minimum atomic E-state index is 0.518. The molecule has 1 aromatic carbocycles. The summed E-state index contributed by atoms with van der Waals surface area (Å²) in [5.74, 6) is 0.890. The molecule has 1 saturated heterocycles. The third-order valence-electron chi connectivity index (χ3n) is 4.45. The van der Waals surface area contributed by atoms with Gasteiger partial charge in [0.15, 0.2) is 5.96 Å². The first-order valence-electron chi connectivity index (χ1n) is 9.01. The normalized spacial score (nSPS) is 17.0. The van der Waals surface area contributed by atoms with E-state index in [0.717, 1.165) is 12.5 Å². The molecule has 0 saturated carbocycles. The molecule has 134 valence electrons. The molecule has 0 aromatic heterocycles. The fourth-order valence-electron chi connectivity index (χ4n) is 3.19. The average molecular weight is 332 g/mol. The van der Waals surface area contributed by atoms with Gasteiger partial charge in [-0.3, -0.25) is 4.99 Å². The van der Waals surface area contributed by atoms with E-state index in [1.807, 2.05) is 7.05 Å². The molecule has 1 fully saturated rings. The van der Waals surface area contributed by atoms with Gasteiger partial charge in [-0.25, -0.2) is 0 Å². The number of benzene rings is 1. The van der Waals surface area contributed by atoms with Gasteiger partial charge < -0.3 is 20.3 Å². The van der Waals surface area contributed by atoms with Crippen molar-refractivity contribution in [1.82, 2.24) is 15.5 Å². The van der Waals surface area contributed by atoms with Crippen molar-refractivity contribution in [2.75, 3.05) is 33.8 Å². The third-order valence-corrected chi connectivity index (χ3v) is 4.45. The Hall–Kier alpha value is -1.59. The van der Waals surface area contributed by atoms with Crippen LogP contribution >= 0.6 is 0 Å². The van der Waals surface area contributed by atoms with Crippen LogP contribution in [0.15, 0.2) is 29.3 Å². The predicted molar refractivity (Wildman–Crippen MR) is 100 cm³/mol. The molecule has 1 heterocycles. The number of likely N-dealkylation sites (tertiary alicyclic amines) is 1. The Balaban J connectivity index is 1.78. The number of ether oxygens (including phenoxy) is 1. The SMILES string of the molecule is CCCN1CCC(NC(=NC)NCc2cccc(COC)c2)CC1. The molecule has 0 radical (unpaired) electrons. The van der Waals surface area contributed by atoms with Crippen LogP contribution < -0.4 is 10.6 Å². The third kappa shape index (κ3) is 6.13. The molecule has 5 nitrogen and oxygen atoms in total. The van der Waals surface area contributed by atoms with Crippen molar-refractivity contribution in [2.24, 2.45) is 4.99 Å². The summed E-state index contributed by atoms with van der Waals surface area (Å²) in [7, 11) is 3.56. The van der Waals surface area contributed by atoms with Crippen molar-refractivity contribution in [2.45, 2.75) is 45.4 Å².